The van der Waals surface area contributed by atoms with Crippen LogP contribution in [0.1, 0.15) is 6.42 Å². The lowest BCUT2D eigenvalue weighted by molar-refractivity contribution is -0.144. The zero-order valence-corrected chi connectivity index (χ0v) is 12.0. The average Bonchev–Trinajstić information content (AvgIpc) is 2.96. The SMILES string of the molecule is COC(=O)[C@H]1C[C@H](Cl)CN1S(=O)(=O)c1cccs1. The fraction of sp³-hybridized carbons (Fsp3) is 0.500. The minimum atomic E-state index is -3.67. The number of rotatable bonds is 3. The van der Waals surface area contributed by atoms with E-state index in [1.165, 1.54) is 13.2 Å². The molecule has 0 unspecified atom stereocenters. The van der Waals surface area contributed by atoms with Gasteiger partial charge >= 0.3 is 5.97 Å². The summed E-state index contributed by atoms with van der Waals surface area (Å²) in [4.78, 5) is 11.6. The standard InChI is InChI=1S/C10H12ClNO4S2/c1-16-10(13)8-5-7(11)6-12(8)18(14,15)9-3-2-4-17-9/h2-4,7-8H,5-6H2,1H3/t7-,8+/m0/s1. The van der Waals surface area contributed by atoms with Crippen molar-refractivity contribution in [2.24, 2.45) is 0 Å². The van der Waals surface area contributed by atoms with Gasteiger partial charge in [0.1, 0.15) is 10.3 Å². The smallest absolute Gasteiger partial charge is 0.324 e. The number of alkyl halides is 1. The van der Waals surface area contributed by atoms with Gasteiger partial charge in [0.25, 0.3) is 10.0 Å². The van der Waals surface area contributed by atoms with Crippen molar-refractivity contribution in [3.63, 3.8) is 0 Å². The van der Waals surface area contributed by atoms with E-state index in [2.05, 4.69) is 4.74 Å². The van der Waals surface area contributed by atoms with Crippen LogP contribution in [0.5, 0.6) is 0 Å². The summed E-state index contributed by atoms with van der Waals surface area (Å²) in [6, 6.07) is 2.33. The van der Waals surface area contributed by atoms with Crippen LogP contribution < -0.4 is 0 Å². The number of carbonyl (C=O) groups is 1. The Morgan fingerprint density at radius 3 is 2.89 bits per heavy atom. The summed E-state index contributed by atoms with van der Waals surface area (Å²) in [7, 11) is -2.43. The molecule has 0 amide bonds. The summed E-state index contributed by atoms with van der Waals surface area (Å²) in [5.41, 5.74) is 0. The van der Waals surface area contributed by atoms with Crippen LogP contribution >= 0.6 is 22.9 Å². The summed E-state index contributed by atoms with van der Waals surface area (Å²) in [5.74, 6) is -0.571. The second-order valence-corrected chi connectivity index (χ2v) is 7.56. The van der Waals surface area contributed by atoms with E-state index in [0.717, 1.165) is 15.6 Å². The lowest BCUT2D eigenvalue weighted by atomic mass is 10.2. The number of carbonyl (C=O) groups excluding carboxylic acids is 1. The molecule has 5 nitrogen and oxygen atoms in total. The Morgan fingerprint density at radius 1 is 1.61 bits per heavy atom. The third kappa shape index (κ3) is 2.40. The van der Waals surface area contributed by atoms with Crippen molar-refractivity contribution in [3.05, 3.63) is 17.5 Å². The minimum absolute atomic E-state index is 0.127. The maximum atomic E-state index is 12.3. The molecule has 2 heterocycles. The molecule has 0 N–H and O–H groups in total. The molecule has 1 aliphatic heterocycles. The zero-order valence-electron chi connectivity index (χ0n) is 9.58. The molecule has 2 rings (SSSR count). The highest BCUT2D eigenvalue weighted by Crippen LogP contribution is 2.31. The van der Waals surface area contributed by atoms with E-state index in [9.17, 15) is 13.2 Å². The van der Waals surface area contributed by atoms with Crippen molar-refractivity contribution in [3.8, 4) is 0 Å². The van der Waals surface area contributed by atoms with E-state index in [4.69, 9.17) is 11.6 Å². The molecule has 1 saturated heterocycles. The van der Waals surface area contributed by atoms with Crippen LogP contribution in [0.15, 0.2) is 21.7 Å². The van der Waals surface area contributed by atoms with E-state index in [1.807, 2.05) is 0 Å². The van der Waals surface area contributed by atoms with Gasteiger partial charge in [-0.1, -0.05) is 6.07 Å². The molecule has 100 valence electrons. The number of ether oxygens (including phenoxy) is 1. The molecule has 0 aromatic carbocycles. The zero-order chi connectivity index (χ0) is 13.3. The van der Waals surface area contributed by atoms with Gasteiger partial charge in [0.15, 0.2) is 0 Å². The molecule has 18 heavy (non-hydrogen) atoms. The highest BCUT2D eigenvalue weighted by molar-refractivity contribution is 7.91. The lowest BCUT2D eigenvalue weighted by Crippen LogP contribution is -2.40. The molecule has 1 aromatic heterocycles. The van der Waals surface area contributed by atoms with Gasteiger partial charge in [0.05, 0.1) is 7.11 Å². The van der Waals surface area contributed by atoms with Gasteiger partial charge < -0.3 is 4.74 Å². The highest BCUT2D eigenvalue weighted by atomic mass is 35.5. The van der Waals surface area contributed by atoms with Crippen LogP contribution in [0.2, 0.25) is 0 Å². The highest BCUT2D eigenvalue weighted by Gasteiger charge is 2.44. The van der Waals surface area contributed by atoms with Gasteiger partial charge in [0.2, 0.25) is 0 Å². The summed E-state index contributed by atoms with van der Waals surface area (Å²) >= 11 is 7.07. The molecule has 1 aromatic rings. The van der Waals surface area contributed by atoms with Crippen LogP contribution in [0.25, 0.3) is 0 Å². The number of sulfonamides is 1. The van der Waals surface area contributed by atoms with E-state index in [-0.39, 0.29) is 22.6 Å². The molecular weight excluding hydrogens is 298 g/mol. The molecule has 0 saturated carbocycles. The fourth-order valence-electron chi connectivity index (χ4n) is 1.90. The first-order valence-corrected chi connectivity index (χ1v) is 7.99. The maximum Gasteiger partial charge on any atom is 0.324 e. The molecule has 2 atom stereocenters. The topological polar surface area (TPSA) is 63.7 Å². The predicted octanol–water partition coefficient (Wildman–Crippen LogP) is 1.29. The van der Waals surface area contributed by atoms with Crippen molar-refractivity contribution >= 4 is 38.9 Å². The molecule has 1 aliphatic rings. The van der Waals surface area contributed by atoms with Gasteiger partial charge in [-0.25, -0.2) is 8.42 Å². The van der Waals surface area contributed by atoms with Gasteiger partial charge in [-0.3, -0.25) is 4.79 Å². The summed E-state index contributed by atoms with van der Waals surface area (Å²) in [6.07, 6.45) is 0.277. The maximum absolute atomic E-state index is 12.3. The van der Waals surface area contributed by atoms with Crippen LogP contribution in [0.3, 0.4) is 0 Å². The van der Waals surface area contributed by atoms with Crippen LogP contribution in [-0.2, 0) is 19.6 Å². The molecule has 0 aliphatic carbocycles. The second kappa shape index (κ2) is 5.16. The number of hydrogen-bond acceptors (Lipinski definition) is 5. The van der Waals surface area contributed by atoms with Crippen LogP contribution in [0.4, 0.5) is 0 Å². The second-order valence-electron chi connectivity index (χ2n) is 3.88. The minimum Gasteiger partial charge on any atom is -0.468 e. The Labute approximate surface area is 114 Å². The Balaban J connectivity index is 2.34. The summed E-state index contributed by atoms with van der Waals surface area (Å²) in [5, 5.41) is 1.30. The molecule has 8 heteroatoms. The Bertz CT molecular complexity index is 528. The number of nitrogens with zero attached hydrogens (tertiary/aromatic N) is 1. The van der Waals surface area contributed by atoms with Crippen molar-refractivity contribution < 1.29 is 17.9 Å². The number of esters is 1. The number of halogens is 1. The number of methoxy groups -OCH3 is 1. The fourth-order valence-corrected chi connectivity index (χ4v) is 5.05. The van der Waals surface area contributed by atoms with Crippen LogP contribution in [-0.4, -0.2) is 43.8 Å². The first-order chi connectivity index (χ1) is 8.46. The number of thiophene rings is 1. The van der Waals surface area contributed by atoms with Crippen molar-refractivity contribution in [1.29, 1.82) is 0 Å². The molecule has 1 fully saturated rings. The Hall–Kier alpha value is -0.630. The predicted molar refractivity (Wildman–Crippen MR) is 68.3 cm³/mol. The summed E-state index contributed by atoms with van der Waals surface area (Å²) < 4.78 is 30.6. The number of hydrogen-bond donors (Lipinski definition) is 0. The van der Waals surface area contributed by atoms with Gasteiger partial charge in [-0.15, -0.1) is 22.9 Å². The molecule has 0 radical (unpaired) electrons. The van der Waals surface area contributed by atoms with Crippen molar-refractivity contribution in [2.75, 3.05) is 13.7 Å². The first kappa shape index (κ1) is 13.8. The van der Waals surface area contributed by atoms with Gasteiger partial charge in [-0.05, 0) is 17.9 Å². The van der Waals surface area contributed by atoms with Crippen LogP contribution in [0, 0.1) is 0 Å². The quantitative estimate of drug-likeness (QED) is 0.623. The van der Waals surface area contributed by atoms with E-state index in [1.54, 1.807) is 11.4 Å². The van der Waals surface area contributed by atoms with Crippen molar-refractivity contribution in [1.82, 2.24) is 4.31 Å². The largest absolute Gasteiger partial charge is 0.468 e. The first-order valence-electron chi connectivity index (χ1n) is 5.24. The lowest BCUT2D eigenvalue weighted by Gasteiger charge is -2.20. The third-order valence-corrected chi connectivity index (χ3v) is 6.30. The Morgan fingerprint density at radius 2 is 2.33 bits per heavy atom. The third-order valence-electron chi connectivity index (χ3n) is 2.74. The van der Waals surface area contributed by atoms with Gasteiger partial charge in [0, 0.05) is 11.9 Å². The van der Waals surface area contributed by atoms with E-state index < -0.39 is 22.0 Å². The van der Waals surface area contributed by atoms with E-state index >= 15 is 0 Å². The Kier molecular flexibility index (Phi) is 3.96. The summed E-state index contributed by atoms with van der Waals surface area (Å²) in [6.45, 7) is 0.127. The normalized spacial score (nSPS) is 25.2. The van der Waals surface area contributed by atoms with E-state index in [0.29, 0.717) is 0 Å². The monoisotopic (exact) mass is 309 g/mol. The molecule has 0 bridgehead atoms. The van der Waals surface area contributed by atoms with Crippen molar-refractivity contribution in [2.45, 2.75) is 22.0 Å². The average molecular weight is 310 g/mol. The molecular formula is C10H12ClNO4S2. The van der Waals surface area contributed by atoms with Gasteiger partial charge in [-0.2, -0.15) is 4.31 Å². The molecule has 0 spiro atoms.